The van der Waals surface area contributed by atoms with Gasteiger partial charge in [-0.3, -0.25) is 4.79 Å². The Morgan fingerprint density at radius 1 is 1.25 bits per heavy atom. The summed E-state index contributed by atoms with van der Waals surface area (Å²) >= 11 is 0. The number of aliphatic carboxylic acids is 1. The summed E-state index contributed by atoms with van der Waals surface area (Å²) < 4.78 is 5.44. The average molecular weight is 279 g/mol. The van der Waals surface area contributed by atoms with Crippen LogP contribution in [0.5, 0.6) is 5.75 Å². The van der Waals surface area contributed by atoms with Crippen LogP contribution >= 0.6 is 0 Å². The Kier molecular flexibility index (Phi) is 6.56. The molecule has 5 heteroatoms. The third-order valence-corrected chi connectivity index (χ3v) is 2.97. The fraction of sp³-hybridized carbons (Fsp3) is 0.467. The first kappa shape index (κ1) is 16.0. The summed E-state index contributed by atoms with van der Waals surface area (Å²) in [6, 6.07) is 6.86. The van der Waals surface area contributed by atoms with E-state index in [2.05, 4.69) is 12.2 Å². The highest BCUT2D eigenvalue weighted by molar-refractivity contribution is 5.83. The zero-order valence-electron chi connectivity index (χ0n) is 11.9. The van der Waals surface area contributed by atoms with Crippen molar-refractivity contribution in [3.8, 4) is 5.75 Å². The van der Waals surface area contributed by atoms with E-state index >= 15 is 0 Å². The molecule has 1 aromatic rings. The van der Waals surface area contributed by atoms with Crippen molar-refractivity contribution in [3.05, 3.63) is 29.8 Å². The Labute approximate surface area is 118 Å². The van der Waals surface area contributed by atoms with Crippen molar-refractivity contribution in [1.29, 1.82) is 0 Å². The molecule has 5 nitrogen and oxygen atoms in total. The van der Waals surface area contributed by atoms with Gasteiger partial charge < -0.3 is 15.2 Å². The maximum absolute atomic E-state index is 11.6. The van der Waals surface area contributed by atoms with E-state index in [0.29, 0.717) is 12.2 Å². The minimum absolute atomic E-state index is 0.138. The molecule has 0 spiro atoms. The third-order valence-electron chi connectivity index (χ3n) is 2.97. The predicted molar refractivity (Wildman–Crippen MR) is 75.8 cm³/mol. The lowest BCUT2D eigenvalue weighted by molar-refractivity contribution is -0.142. The number of carboxylic acid groups (broad SMARTS) is 1. The van der Waals surface area contributed by atoms with Crippen LogP contribution in [0, 0.1) is 0 Å². The Hall–Kier alpha value is -2.04. The summed E-state index contributed by atoms with van der Waals surface area (Å²) in [7, 11) is 0. The van der Waals surface area contributed by atoms with E-state index in [9.17, 15) is 9.59 Å². The Bertz CT molecular complexity index is 442. The van der Waals surface area contributed by atoms with Crippen LogP contribution in [-0.4, -0.2) is 29.6 Å². The first-order chi connectivity index (χ1) is 9.56. The van der Waals surface area contributed by atoms with Crippen molar-refractivity contribution in [1.82, 2.24) is 5.32 Å². The second kappa shape index (κ2) is 8.19. The second-order valence-electron chi connectivity index (χ2n) is 4.46. The number of amides is 1. The fourth-order valence-corrected chi connectivity index (χ4v) is 1.69. The van der Waals surface area contributed by atoms with Crippen LogP contribution < -0.4 is 10.1 Å². The molecule has 0 bridgehead atoms. The number of benzene rings is 1. The Morgan fingerprint density at radius 2 is 1.90 bits per heavy atom. The summed E-state index contributed by atoms with van der Waals surface area (Å²) in [5, 5.41) is 11.3. The number of rotatable bonds is 8. The standard InChI is InChI=1S/C15H21NO4/c1-3-11-5-7-12(8-6-11)20-10-9-14(17)16-13(4-2)15(18)19/h5-8,13H,3-4,9-10H2,1-2H3,(H,16,17)(H,18,19). The van der Waals surface area contributed by atoms with Crippen LogP contribution in [0.2, 0.25) is 0 Å². The maximum atomic E-state index is 11.6. The molecule has 1 atom stereocenters. The van der Waals surface area contributed by atoms with Crippen LogP contribution in [-0.2, 0) is 16.0 Å². The van der Waals surface area contributed by atoms with Gasteiger partial charge in [0.2, 0.25) is 5.91 Å². The molecule has 20 heavy (non-hydrogen) atoms. The molecular formula is C15H21NO4. The summed E-state index contributed by atoms with van der Waals surface area (Å²) in [6.07, 6.45) is 1.47. The normalized spacial score (nSPS) is 11.7. The van der Waals surface area contributed by atoms with Gasteiger partial charge >= 0.3 is 5.97 Å². The lowest BCUT2D eigenvalue weighted by Crippen LogP contribution is -2.40. The number of carboxylic acids is 1. The number of aryl methyl sites for hydroxylation is 1. The smallest absolute Gasteiger partial charge is 0.326 e. The van der Waals surface area contributed by atoms with E-state index in [4.69, 9.17) is 9.84 Å². The average Bonchev–Trinajstić information content (AvgIpc) is 2.45. The van der Waals surface area contributed by atoms with Gasteiger partial charge in [-0.1, -0.05) is 26.0 Å². The molecule has 0 saturated heterocycles. The number of hydrogen-bond acceptors (Lipinski definition) is 3. The first-order valence-corrected chi connectivity index (χ1v) is 6.80. The minimum Gasteiger partial charge on any atom is -0.493 e. The quantitative estimate of drug-likeness (QED) is 0.763. The molecule has 0 aliphatic carbocycles. The van der Waals surface area contributed by atoms with Gasteiger partial charge in [-0.2, -0.15) is 0 Å². The summed E-state index contributed by atoms with van der Waals surface area (Å²) in [6.45, 7) is 4.02. The highest BCUT2D eigenvalue weighted by atomic mass is 16.5. The summed E-state index contributed by atoms with van der Waals surface area (Å²) in [5.41, 5.74) is 1.22. The largest absolute Gasteiger partial charge is 0.493 e. The van der Waals surface area contributed by atoms with Gasteiger partial charge in [-0.15, -0.1) is 0 Å². The Balaban J connectivity index is 2.32. The van der Waals surface area contributed by atoms with Crippen LogP contribution in [0.3, 0.4) is 0 Å². The van der Waals surface area contributed by atoms with Gasteiger partial charge in [0.15, 0.2) is 0 Å². The van der Waals surface area contributed by atoms with Crippen molar-refractivity contribution < 1.29 is 19.4 Å². The fourth-order valence-electron chi connectivity index (χ4n) is 1.69. The van der Waals surface area contributed by atoms with Crippen molar-refractivity contribution in [3.63, 3.8) is 0 Å². The molecule has 1 rings (SSSR count). The molecule has 1 aromatic carbocycles. The molecule has 0 aromatic heterocycles. The molecule has 0 heterocycles. The van der Waals surface area contributed by atoms with E-state index in [1.807, 2.05) is 24.3 Å². The predicted octanol–water partition coefficient (Wildman–Crippen LogP) is 2.00. The lowest BCUT2D eigenvalue weighted by Gasteiger charge is -2.12. The van der Waals surface area contributed by atoms with Crippen LogP contribution in [0.1, 0.15) is 32.3 Å². The van der Waals surface area contributed by atoms with Crippen molar-refractivity contribution >= 4 is 11.9 Å². The highest BCUT2D eigenvalue weighted by Crippen LogP contribution is 2.12. The van der Waals surface area contributed by atoms with Crippen molar-refractivity contribution in [2.45, 2.75) is 39.2 Å². The molecule has 0 fully saturated rings. The third kappa shape index (κ3) is 5.30. The SMILES string of the molecule is CCc1ccc(OCCC(=O)NC(CC)C(=O)O)cc1. The minimum atomic E-state index is -1.02. The van der Waals surface area contributed by atoms with Crippen LogP contribution in [0.15, 0.2) is 24.3 Å². The van der Waals surface area contributed by atoms with Gasteiger partial charge in [0.1, 0.15) is 11.8 Å². The van der Waals surface area contributed by atoms with Crippen molar-refractivity contribution in [2.75, 3.05) is 6.61 Å². The van der Waals surface area contributed by atoms with E-state index < -0.39 is 12.0 Å². The van der Waals surface area contributed by atoms with Crippen molar-refractivity contribution in [2.24, 2.45) is 0 Å². The molecule has 1 unspecified atom stereocenters. The number of carbonyl (C=O) groups is 2. The monoisotopic (exact) mass is 279 g/mol. The topological polar surface area (TPSA) is 75.6 Å². The summed E-state index contributed by atoms with van der Waals surface area (Å²) in [5.74, 6) is -0.623. The maximum Gasteiger partial charge on any atom is 0.326 e. The first-order valence-electron chi connectivity index (χ1n) is 6.80. The summed E-state index contributed by atoms with van der Waals surface area (Å²) in [4.78, 5) is 22.3. The highest BCUT2D eigenvalue weighted by Gasteiger charge is 2.17. The molecule has 110 valence electrons. The molecule has 0 saturated carbocycles. The van der Waals surface area contributed by atoms with E-state index in [0.717, 1.165) is 6.42 Å². The molecule has 2 N–H and O–H groups in total. The second-order valence-corrected chi connectivity index (χ2v) is 4.46. The zero-order chi connectivity index (χ0) is 15.0. The van der Waals surface area contributed by atoms with Crippen LogP contribution in [0.4, 0.5) is 0 Å². The van der Waals surface area contributed by atoms with E-state index in [1.54, 1.807) is 6.92 Å². The number of ether oxygens (including phenoxy) is 1. The zero-order valence-corrected chi connectivity index (χ0v) is 11.9. The molecule has 0 radical (unpaired) electrons. The number of hydrogen-bond donors (Lipinski definition) is 2. The van der Waals surface area contributed by atoms with Gasteiger partial charge in [0, 0.05) is 0 Å². The van der Waals surface area contributed by atoms with Gasteiger partial charge in [-0.05, 0) is 30.5 Å². The molecule has 1 amide bonds. The van der Waals surface area contributed by atoms with Crippen LogP contribution in [0.25, 0.3) is 0 Å². The molecule has 0 aliphatic heterocycles. The molecule has 0 aliphatic rings. The lowest BCUT2D eigenvalue weighted by atomic mass is 10.2. The number of nitrogens with one attached hydrogen (secondary N) is 1. The van der Waals surface area contributed by atoms with E-state index in [1.165, 1.54) is 5.56 Å². The molecular weight excluding hydrogens is 258 g/mol. The number of carbonyl (C=O) groups excluding carboxylic acids is 1. The van der Waals surface area contributed by atoms with Gasteiger partial charge in [0.25, 0.3) is 0 Å². The van der Waals surface area contributed by atoms with E-state index in [-0.39, 0.29) is 18.9 Å². The van der Waals surface area contributed by atoms with Gasteiger partial charge in [0.05, 0.1) is 13.0 Å². The van der Waals surface area contributed by atoms with Gasteiger partial charge in [-0.25, -0.2) is 4.79 Å². The Morgan fingerprint density at radius 3 is 2.40 bits per heavy atom.